The van der Waals surface area contributed by atoms with Gasteiger partial charge in [0.15, 0.2) is 4.67 Å². The lowest BCUT2D eigenvalue weighted by molar-refractivity contribution is 0.127. The van der Waals surface area contributed by atoms with Gasteiger partial charge in [-0.2, -0.15) is 0 Å². The fraction of sp³-hybridized carbons (Fsp3) is 0.714. The first kappa shape index (κ1) is 15.7. The van der Waals surface area contributed by atoms with Crippen LogP contribution in [0.3, 0.4) is 0 Å². The van der Waals surface area contributed by atoms with Gasteiger partial charge in [-0.25, -0.2) is 0 Å². The first-order valence-corrected chi connectivity index (χ1v) is 7.38. The van der Waals surface area contributed by atoms with Crippen molar-refractivity contribution in [1.29, 1.82) is 0 Å². The Morgan fingerprint density at radius 1 is 1.44 bits per heavy atom. The molecule has 1 unspecified atom stereocenters. The maximum Gasteiger partial charge on any atom is 0.169 e. The second-order valence-corrected chi connectivity index (χ2v) is 6.44. The highest BCUT2D eigenvalue weighted by Crippen LogP contribution is 2.28. The summed E-state index contributed by atoms with van der Waals surface area (Å²) in [6.07, 6.45) is 1.13. The average molecular weight is 317 g/mol. The van der Waals surface area contributed by atoms with Crippen molar-refractivity contribution in [3.8, 4) is 0 Å². The highest BCUT2D eigenvalue weighted by atomic mass is 79.9. The molecule has 0 amide bonds. The summed E-state index contributed by atoms with van der Waals surface area (Å²) in [4.78, 5) is 2.44. The molecule has 2 N–H and O–H groups in total. The summed E-state index contributed by atoms with van der Waals surface area (Å²) in [6.45, 7) is 11.5. The summed E-state index contributed by atoms with van der Waals surface area (Å²) < 4.78 is 6.46. The van der Waals surface area contributed by atoms with E-state index in [9.17, 15) is 0 Å². The first-order chi connectivity index (χ1) is 8.39. The Bertz CT molecular complexity index is 362. The lowest BCUT2D eigenvalue weighted by Crippen LogP contribution is -2.40. The molecule has 1 heterocycles. The molecule has 0 aliphatic rings. The number of nitrogens with two attached hydrogens (primary N) is 1. The second-order valence-electron chi connectivity index (χ2n) is 5.66. The Morgan fingerprint density at radius 3 is 2.56 bits per heavy atom. The van der Waals surface area contributed by atoms with E-state index in [1.165, 1.54) is 0 Å². The molecule has 4 heteroatoms. The van der Waals surface area contributed by atoms with Gasteiger partial charge in [-0.3, -0.25) is 4.90 Å². The number of rotatable bonds is 7. The topological polar surface area (TPSA) is 42.4 Å². The fourth-order valence-electron chi connectivity index (χ4n) is 2.04. The molecule has 0 bridgehead atoms. The molecule has 104 valence electrons. The zero-order chi connectivity index (χ0) is 13.8. The quantitative estimate of drug-likeness (QED) is 0.832. The summed E-state index contributed by atoms with van der Waals surface area (Å²) in [6, 6.07) is 4.26. The maximum atomic E-state index is 5.84. The van der Waals surface area contributed by atoms with Gasteiger partial charge in [-0.05, 0) is 59.9 Å². The molecular formula is C14H25BrN2O. The average Bonchev–Trinajstić information content (AvgIpc) is 2.74. The molecule has 18 heavy (non-hydrogen) atoms. The summed E-state index contributed by atoms with van der Waals surface area (Å²) in [5.41, 5.74) is 5.97. The van der Waals surface area contributed by atoms with Crippen LogP contribution in [0.1, 0.15) is 45.9 Å². The minimum atomic E-state index is 0.132. The molecule has 3 nitrogen and oxygen atoms in total. The maximum absolute atomic E-state index is 5.84. The Morgan fingerprint density at radius 2 is 2.11 bits per heavy atom. The molecule has 0 saturated carbocycles. The smallest absolute Gasteiger partial charge is 0.169 e. The highest BCUT2D eigenvalue weighted by Gasteiger charge is 2.25. The van der Waals surface area contributed by atoms with E-state index in [0.717, 1.165) is 29.9 Å². The Kier molecular flexibility index (Phi) is 5.89. The number of nitrogens with zero attached hydrogens (tertiary/aromatic N) is 1. The Labute approximate surface area is 119 Å². The molecule has 0 aliphatic heterocycles. The Balaban J connectivity index is 2.78. The van der Waals surface area contributed by atoms with Crippen molar-refractivity contribution in [2.24, 2.45) is 11.1 Å². The molecule has 0 saturated heterocycles. The molecule has 1 atom stereocenters. The van der Waals surface area contributed by atoms with Gasteiger partial charge in [-0.1, -0.05) is 20.8 Å². The molecule has 0 radical (unpaired) electrons. The van der Waals surface area contributed by atoms with Gasteiger partial charge in [0.05, 0.1) is 6.04 Å². The summed E-state index contributed by atoms with van der Waals surface area (Å²) >= 11 is 3.36. The molecule has 1 rings (SSSR count). The van der Waals surface area contributed by atoms with Crippen LogP contribution in [0.25, 0.3) is 0 Å². The van der Waals surface area contributed by atoms with Gasteiger partial charge in [0, 0.05) is 6.54 Å². The van der Waals surface area contributed by atoms with Gasteiger partial charge in [0.25, 0.3) is 0 Å². The van der Waals surface area contributed by atoms with Gasteiger partial charge in [0.2, 0.25) is 0 Å². The van der Waals surface area contributed by atoms with Crippen LogP contribution >= 0.6 is 15.9 Å². The second kappa shape index (κ2) is 6.73. The summed E-state index contributed by atoms with van der Waals surface area (Å²) in [7, 11) is 0. The van der Waals surface area contributed by atoms with E-state index in [4.69, 9.17) is 10.2 Å². The van der Waals surface area contributed by atoms with Crippen molar-refractivity contribution in [2.75, 3.05) is 19.6 Å². The number of furan rings is 1. The number of hydrogen-bond acceptors (Lipinski definition) is 3. The zero-order valence-corrected chi connectivity index (χ0v) is 13.5. The van der Waals surface area contributed by atoms with E-state index in [-0.39, 0.29) is 11.5 Å². The van der Waals surface area contributed by atoms with E-state index in [0.29, 0.717) is 6.54 Å². The third-order valence-electron chi connectivity index (χ3n) is 3.25. The molecule has 0 spiro atoms. The third kappa shape index (κ3) is 4.41. The van der Waals surface area contributed by atoms with Crippen LogP contribution in [0.5, 0.6) is 0 Å². The number of hydrogen-bond donors (Lipinski definition) is 1. The standard InChI is InChI=1S/C14H25BrN2O/c1-5-8-17(10-14(3,4)9-16)11(2)12-6-7-13(15)18-12/h6-7,11H,5,8-10,16H2,1-4H3. The van der Waals surface area contributed by atoms with Crippen LogP contribution in [-0.2, 0) is 0 Å². The van der Waals surface area contributed by atoms with Crippen molar-refractivity contribution in [1.82, 2.24) is 4.90 Å². The molecule has 0 fully saturated rings. The molecule has 0 aromatic carbocycles. The predicted octanol–water partition coefficient (Wildman–Crippen LogP) is 3.80. The van der Waals surface area contributed by atoms with Crippen LogP contribution in [0, 0.1) is 5.41 Å². The van der Waals surface area contributed by atoms with Crippen LogP contribution in [0.15, 0.2) is 21.2 Å². The van der Waals surface area contributed by atoms with Crippen LogP contribution in [0.4, 0.5) is 0 Å². The predicted molar refractivity (Wildman–Crippen MR) is 79.5 cm³/mol. The third-order valence-corrected chi connectivity index (χ3v) is 3.67. The molecular weight excluding hydrogens is 292 g/mol. The zero-order valence-electron chi connectivity index (χ0n) is 11.9. The van der Waals surface area contributed by atoms with Crippen LogP contribution < -0.4 is 5.73 Å². The lowest BCUT2D eigenvalue weighted by atomic mass is 9.92. The van der Waals surface area contributed by atoms with Crippen molar-refractivity contribution in [3.05, 3.63) is 22.6 Å². The number of halogens is 1. The summed E-state index contributed by atoms with van der Waals surface area (Å²) in [5, 5.41) is 0. The SMILES string of the molecule is CCCN(CC(C)(C)CN)C(C)c1ccc(Br)o1. The largest absolute Gasteiger partial charge is 0.453 e. The van der Waals surface area contributed by atoms with E-state index in [1.807, 2.05) is 12.1 Å². The first-order valence-electron chi connectivity index (χ1n) is 6.59. The van der Waals surface area contributed by atoms with E-state index in [2.05, 4.69) is 48.5 Å². The van der Waals surface area contributed by atoms with E-state index >= 15 is 0 Å². The Hall–Kier alpha value is -0.320. The highest BCUT2D eigenvalue weighted by molar-refractivity contribution is 9.10. The monoisotopic (exact) mass is 316 g/mol. The van der Waals surface area contributed by atoms with Gasteiger partial charge in [0.1, 0.15) is 5.76 Å². The van der Waals surface area contributed by atoms with Crippen molar-refractivity contribution < 1.29 is 4.42 Å². The minimum absolute atomic E-state index is 0.132. The normalized spacial score (nSPS) is 14.2. The van der Waals surface area contributed by atoms with Crippen molar-refractivity contribution in [2.45, 2.75) is 40.2 Å². The fourth-order valence-corrected chi connectivity index (χ4v) is 2.36. The van der Waals surface area contributed by atoms with Crippen LogP contribution in [-0.4, -0.2) is 24.5 Å². The van der Waals surface area contributed by atoms with E-state index in [1.54, 1.807) is 0 Å². The van der Waals surface area contributed by atoms with Crippen LogP contribution in [0.2, 0.25) is 0 Å². The van der Waals surface area contributed by atoms with Crippen molar-refractivity contribution in [3.63, 3.8) is 0 Å². The minimum Gasteiger partial charge on any atom is -0.453 e. The molecule has 1 aromatic rings. The van der Waals surface area contributed by atoms with Gasteiger partial charge >= 0.3 is 0 Å². The van der Waals surface area contributed by atoms with E-state index < -0.39 is 0 Å². The van der Waals surface area contributed by atoms with Gasteiger partial charge in [-0.15, -0.1) is 0 Å². The lowest BCUT2D eigenvalue weighted by Gasteiger charge is -2.35. The molecule has 1 aromatic heterocycles. The van der Waals surface area contributed by atoms with Gasteiger partial charge < -0.3 is 10.2 Å². The molecule has 0 aliphatic carbocycles. The summed E-state index contributed by atoms with van der Waals surface area (Å²) in [5.74, 6) is 1.00. The van der Waals surface area contributed by atoms with Crippen molar-refractivity contribution >= 4 is 15.9 Å².